The SMILES string of the molecule is CCOP(=O)(SC(C)C)C(CCN)CC(C)C. The molecular formula is C12H28NO2PS. The number of nitrogens with two attached hydrogens (primary N) is 1. The molecule has 0 aliphatic heterocycles. The van der Waals surface area contributed by atoms with Gasteiger partial charge in [-0.25, -0.2) is 0 Å². The van der Waals surface area contributed by atoms with Gasteiger partial charge in [0, 0.05) is 10.9 Å². The molecule has 5 heteroatoms. The van der Waals surface area contributed by atoms with E-state index in [1.807, 2.05) is 6.92 Å². The summed E-state index contributed by atoms with van der Waals surface area (Å²) in [5.41, 5.74) is 5.74. The summed E-state index contributed by atoms with van der Waals surface area (Å²) in [6, 6.07) is 0. The van der Waals surface area contributed by atoms with E-state index in [1.165, 1.54) is 11.4 Å². The fourth-order valence-electron chi connectivity index (χ4n) is 1.84. The lowest BCUT2D eigenvalue weighted by Crippen LogP contribution is -2.18. The van der Waals surface area contributed by atoms with Crippen molar-refractivity contribution in [2.24, 2.45) is 11.7 Å². The van der Waals surface area contributed by atoms with Gasteiger partial charge in [0.2, 0.25) is 0 Å². The lowest BCUT2D eigenvalue weighted by molar-refractivity contribution is 0.331. The van der Waals surface area contributed by atoms with Crippen molar-refractivity contribution in [2.75, 3.05) is 13.2 Å². The van der Waals surface area contributed by atoms with Crippen LogP contribution in [0, 0.1) is 5.92 Å². The number of hydrogen-bond donors (Lipinski definition) is 1. The number of rotatable bonds is 9. The highest BCUT2D eigenvalue weighted by Crippen LogP contribution is 2.66. The van der Waals surface area contributed by atoms with Crippen LogP contribution in [0.2, 0.25) is 0 Å². The largest absolute Gasteiger partial charge is 0.330 e. The van der Waals surface area contributed by atoms with E-state index in [9.17, 15) is 4.57 Å². The van der Waals surface area contributed by atoms with Crippen molar-refractivity contribution in [1.82, 2.24) is 0 Å². The molecule has 17 heavy (non-hydrogen) atoms. The van der Waals surface area contributed by atoms with E-state index in [0.717, 1.165) is 12.8 Å². The third kappa shape index (κ3) is 6.85. The Labute approximate surface area is 110 Å². The Morgan fingerprint density at radius 3 is 2.24 bits per heavy atom. The lowest BCUT2D eigenvalue weighted by Gasteiger charge is -2.28. The van der Waals surface area contributed by atoms with Crippen LogP contribution in [-0.2, 0) is 9.09 Å². The predicted molar refractivity (Wildman–Crippen MR) is 78.9 cm³/mol. The molecule has 2 atom stereocenters. The monoisotopic (exact) mass is 281 g/mol. The van der Waals surface area contributed by atoms with Crippen molar-refractivity contribution in [3.8, 4) is 0 Å². The molecule has 3 nitrogen and oxygen atoms in total. The lowest BCUT2D eigenvalue weighted by atomic mass is 10.1. The van der Waals surface area contributed by atoms with Gasteiger partial charge in [-0.05, 0) is 32.2 Å². The van der Waals surface area contributed by atoms with Crippen molar-refractivity contribution in [2.45, 2.75) is 58.4 Å². The average molecular weight is 281 g/mol. The Balaban J connectivity index is 4.85. The summed E-state index contributed by atoms with van der Waals surface area (Å²) in [5.74, 6) is 0.521. The summed E-state index contributed by atoms with van der Waals surface area (Å²) in [4.78, 5) is 0. The summed E-state index contributed by atoms with van der Waals surface area (Å²) < 4.78 is 18.6. The fourth-order valence-corrected chi connectivity index (χ4v) is 7.73. The van der Waals surface area contributed by atoms with Crippen LogP contribution in [0.4, 0.5) is 0 Å². The van der Waals surface area contributed by atoms with E-state index in [-0.39, 0.29) is 5.66 Å². The minimum Gasteiger partial charge on any atom is -0.330 e. The van der Waals surface area contributed by atoms with Crippen molar-refractivity contribution in [1.29, 1.82) is 0 Å². The Kier molecular flexibility index (Phi) is 8.83. The van der Waals surface area contributed by atoms with Gasteiger partial charge in [-0.1, -0.05) is 39.1 Å². The maximum Gasteiger partial charge on any atom is 0.260 e. The first-order chi connectivity index (χ1) is 7.85. The third-order valence-electron chi connectivity index (χ3n) is 2.36. The molecule has 0 aromatic carbocycles. The van der Waals surface area contributed by atoms with E-state index in [4.69, 9.17) is 10.3 Å². The van der Waals surface area contributed by atoms with Gasteiger partial charge in [0.25, 0.3) is 6.57 Å². The van der Waals surface area contributed by atoms with Crippen molar-refractivity contribution in [3.05, 3.63) is 0 Å². The van der Waals surface area contributed by atoms with Gasteiger partial charge >= 0.3 is 0 Å². The Hall–Kier alpha value is 0.500. The van der Waals surface area contributed by atoms with E-state index in [2.05, 4.69) is 27.7 Å². The van der Waals surface area contributed by atoms with Crippen molar-refractivity contribution < 1.29 is 9.09 Å². The van der Waals surface area contributed by atoms with E-state index in [0.29, 0.717) is 24.3 Å². The highest BCUT2D eigenvalue weighted by molar-refractivity contribution is 8.57. The first-order valence-corrected chi connectivity index (χ1v) is 9.66. The second-order valence-electron chi connectivity index (χ2n) is 4.97. The summed E-state index contributed by atoms with van der Waals surface area (Å²) in [7, 11) is 0. The van der Waals surface area contributed by atoms with Crippen LogP contribution in [0.25, 0.3) is 0 Å². The molecule has 0 aromatic rings. The van der Waals surface area contributed by atoms with Crippen LogP contribution >= 0.6 is 18.0 Å². The highest BCUT2D eigenvalue weighted by Gasteiger charge is 2.35. The zero-order valence-corrected chi connectivity index (χ0v) is 13.5. The first kappa shape index (κ1) is 17.5. The van der Waals surface area contributed by atoms with Crippen LogP contribution in [0.1, 0.15) is 47.5 Å². The molecule has 0 aliphatic carbocycles. The standard InChI is InChI=1S/C12H28NO2PS/c1-6-15-16(14,17-11(4)5)12(7-8-13)9-10(2)3/h10-12H,6-9,13H2,1-5H3. The molecule has 0 aliphatic rings. The van der Waals surface area contributed by atoms with Crippen molar-refractivity contribution in [3.63, 3.8) is 0 Å². The molecule has 0 saturated carbocycles. The summed E-state index contributed by atoms with van der Waals surface area (Å²) >= 11 is 1.49. The molecule has 2 unspecified atom stereocenters. The zero-order valence-electron chi connectivity index (χ0n) is 11.8. The molecular weight excluding hydrogens is 253 g/mol. The molecule has 0 heterocycles. The Bertz CT molecular complexity index is 247. The molecule has 0 spiro atoms. The molecule has 0 saturated heterocycles. The second-order valence-corrected chi connectivity index (χ2v) is 10.4. The van der Waals surface area contributed by atoms with Crippen LogP contribution in [0.3, 0.4) is 0 Å². The third-order valence-corrected chi connectivity index (χ3v) is 8.41. The van der Waals surface area contributed by atoms with E-state index >= 15 is 0 Å². The summed E-state index contributed by atoms with van der Waals surface area (Å²) in [5, 5.41) is 0.319. The molecule has 0 radical (unpaired) electrons. The molecule has 2 N–H and O–H groups in total. The maximum atomic E-state index is 12.9. The average Bonchev–Trinajstić information content (AvgIpc) is 2.15. The van der Waals surface area contributed by atoms with Gasteiger partial charge in [0.05, 0.1) is 6.61 Å². The van der Waals surface area contributed by atoms with Crippen LogP contribution < -0.4 is 5.73 Å². The first-order valence-electron chi connectivity index (χ1n) is 6.48. The fraction of sp³-hybridized carbons (Fsp3) is 1.00. The maximum absolute atomic E-state index is 12.9. The highest BCUT2D eigenvalue weighted by atomic mass is 32.7. The second kappa shape index (κ2) is 8.58. The minimum absolute atomic E-state index is 0.0971. The van der Waals surface area contributed by atoms with E-state index in [1.54, 1.807) is 0 Å². The molecule has 0 amide bonds. The normalized spacial score (nSPS) is 17.4. The van der Waals surface area contributed by atoms with Crippen LogP contribution in [0.5, 0.6) is 0 Å². The van der Waals surface area contributed by atoms with E-state index < -0.39 is 6.57 Å². The molecule has 0 aromatic heterocycles. The van der Waals surface area contributed by atoms with Gasteiger partial charge in [-0.15, -0.1) is 0 Å². The van der Waals surface area contributed by atoms with Gasteiger partial charge in [0.15, 0.2) is 0 Å². The topological polar surface area (TPSA) is 52.3 Å². The molecule has 0 fully saturated rings. The Morgan fingerprint density at radius 1 is 1.29 bits per heavy atom. The summed E-state index contributed by atoms with van der Waals surface area (Å²) in [6.07, 6.45) is 1.71. The molecule has 0 rings (SSSR count). The van der Waals surface area contributed by atoms with Crippen molar-refractivity contribution >= 4 is 18.0 Å². The Morgan fingerprint density at radius 2 is 1.88 bits per heavy atom. The van der Waals surface area contributed by atoms with Crippen LogP contribution in [-0.4, -0.2) is 24.1 Å². The molecule has 104 valence electrons. The van der Waals surface area contributed by atoms with Gasteiger partial charge in [-0.2, -0.15) is 0 Å². The number of hydrogen-bond acceptors (Lipinski definition) is 4. The molecule has 0 bridgehead atoms. The van der Waals surface area contributed by atoms with Gasteiger partial charge in [0.1, 0.15) is 0 Å². The minimum atomic E-state index is -2.62. The smallest absolute Gasteiger partial charge is 0.260 e. The zero-order chi connectivity index (χ0) is 13.5. The quantitative estimate of drug-likeness (QED) is 0.646. The van der Waals surface area contributed by atoms with Gasteiger partial charge in [-0.3, -0.25) is 4.57 Å². The van der Waals surface area contributed by atoms with Crippen LogP contribution in [0.15, 0.2) is 0 Å². The predicted octanol–water partition coefficient (Wildman–Crippen LogP) is 4.12. The van der Waals surface area contributed by atoms with Gasteiger partial charge < -0.3 is 10.3 Å². The summed E-state index contributed by atoms with van der Waals surface area (Å²) in [6.45, 7) is 8.80.